The Bertz CT molecular complexity index is 566. The largest absolute Gasteiger partial charge is 0.355 e. The minimum absolute atomic E-state index is 0.107. The molecule has 0 aliphatic carbocycles. The molecule has 3 fully saturated rings. The average molecular weight is 329 g/mol. The first-order valence-electron chi connectivity index (χ1n) is 9.35. The third-order valence-electron chi connectivity index (χ3n) is 5.79. The molecule has 1 aromatic rings. The van der Waals surface area contributed by atoms with Crippen LogP contribution in [0.1, 0.15) is 32.1 Å². The maximum Gasteiger partial charge on any atom is 0.227 e. The number of hydrogen-bond acceptors (Lipinski definition) is 5. The second-order valence-corrected chi connectivity index (χ2v) is 7.32. The summed E-state index contributed by atoms with van der Waals surface area (Å²) < 4.78 is 0. The van der Waals surface area contributed by atoms with E-state index in [1.54, 1.807) is 18.6 Å². The zero-order chi connectivity index (χ0) is 16.4. The van der Waals surface area contributed by atoms with Crippen molar-refractivity contribution in [1.29, 1.82) is 0 Å². The zero-order valence-corrected chi connectivity index (χ0v) is 14.3. The summed E-state index contributed by atoms with van der Waals surface area (Å²) in [5.41, 5.74) is 0. The van der Waals surface area contributed by atoms with Crippen molar-refractivity contribution >= 4 is 11.7 Å². The van der Waals surface area contributed by atoms with Crippen LogP contribution < -0.4 is 4.90 Å². The molecule has 0 bridgehead atoms. The summed E-state index contributed by atoms with van der Waals surface area (Å²) in [4.78, 5) is 28.5. The van der Waals surface area contributed by atoms with Crippen molar-refractivity contribution in [2.45, 2.75) is 38.1 Å². The molecule has 6 heteroatoms. The first-order chi connectivity index (χ1) is 11.8. The number of piperidine rings is 2. The van der Waals surface area contributed by atoms with E-state index in [2.05, 4.69) is 24.7 Å². The van der Waals surface area contributed by atoms with Crippen LogP contribution in [0.3, 0.4) is 0 Å². The van der Waals surface area contributed by atoms with Crippen LogP contribution in [0.25, 0.3) is 0 Å². The van der Waals surface area contributed by atoms with Gasteiger partial charge < -0.3 is 9.80 Å². The number of rotatable bonds is 2. The molecule has 0 N–H and O–H groups in total. The van der Waals surface area contributed by atoms with Crippen molar-refractivity contribution in [3.63, 3.8) is 0 Å². The Labute approximate surface area is 143 Å². The summed E-state index contributed by atoms with van der Waals surface area (Å²) in [6, 6.07) is 0.594. The molecule has 0 aromatic carbocycles. The van der Waals surface area contributed by atoms with E-state index in [9.17, 15) is 4.79 Å². The van der Waals surface area contributed by atoms with Crippen molar-refractivity contribution < 1.29 is 4.79 Å². The molecule has 3 saturated heterocycles. The second-order valence-electron chi connectivity index (χ2n) is 7.32. The van der Waals surface area contributed by atoms with Crippen molar-refractivity contribution in [3.05, 3.63) is 18.6 Å². The maximum absolute atomic E-state index is 13.0. The van der Waals surface area contributed by atoms with Gasteiger partial charge >= 0.3 is 0 Å². The molecular weight excluding hydrogens is 302 g/mol. The van der Waals surface area contributed by atoms with Crippen LogP contribution in [-0.4, -0.2) is 71.0 Å². The van der Waals surface area contributed by atoms with Crippen LogP contribution in [0, 0.1) is 5.92 Å². The van der Waals surface area contributed by atoms with Gasteiger partial charge in [-0.25, -0.2) is 4.98 Å². The Balaban J connectivity index is 1.39. The van der Waals surface area contributed by atoms with Gasteiger partial charge in [0.25, 0.3) is 0 Å². The van der Waals surface area contributed by atoms with Gasteiger partial charge in [-0.3, -0.25) is 14.7 Å². The van der Waals surface area contributed by atoms with Gasteiger partial charge in [0.15, 0.2) is 0 Å². The fourth-order valence-electron chi connectivity index (χ4n) is 4.46. The SMILES string of the molecule is O=C([C@@H]1CCCN(c2cnccn2)C1)N1CCN2CCCC[C@@H]2C1. The number of amides is 1. The van der Waals surface area contributed by atoms with E-state index in [0.717, 1.165) is 51.4 Å². The number of fused-ring (bicyclic) bond motifs is 1. The lowest BCUT2D eigenvalue weighted by atomic mass is 9.94. The highest BCUT2D eigenvalue weighted by Crippen LogP contribution is 2.26. The topological polar surface area (TPSA) is 52.6 Å². The molecule has 2 atom stereocenters. The van der Waals surface area contributed by atoms with Crippen LogP contribution in [-0.2, 0) is 4.79 Å². The summed E-state index contributed by atoms with van der Waals surface area (Å²) in [7, 11) is 0. The Kier molecular flexibility index (Phi) is 4.65. The quantitative estimate of drug-likeness (QED) is 0.821. The molecule has 130 valence electrons. The van der Waals surface area contributed by atoms with Gasteiger partial charge in [0, 0.05) is 51.2 Å². The number of carbonyl (C=O) groups is 1. The molecule has 3 aliphatic rings. The normalized spacial score (nSPS) is 28.5. The van der Waals surface area contributed by atoms with Crippen molar-refractivity contribution in [3.8, 4) is 0 Å². The summed E-state index contributed by atoms with van der Waals surface area (Å²) in [6.07, 6.45) is 11.2. The number of carbonyl (C=O) groups excluding carboxylic acids is 1. The van der Waals surface area contributed by atoms with E-state index >= 15 is 0 Å². The molecule has 0 saturated carbocycles. The molecule has 4 heterocycles. The first-order valence-corrected chi connectivity index (χ1v) is 9.35. The highest BCUT2D eigenvalue weighted by atomic mass is 16.2. The molecule has 1 amide bonds. The molecule has 3 aliphatic heterocycles. The summed E-state index contributed by atoms with van der Waals surface area (Å²) in [5.74, 6) is 1.36. The fraction of sp³-hybridized carbons (Fsp3) is 0.722. The average Bonchev–Trinajstić information content (AvgIpc) is 2.68. The number of anilines is 1. The minimum atomic E-state index is 0.107. The molecule has 0 unspecified atom stereocenters. The van der Waals surface area contributed by atoms with Gasteiger partial charge in [0.05, 0.1) is 12.1 Å². The molecule has 0 radical (unpaired) electrons. The highest BCUT2D eigenvalue weighted by molar-refractivity contribution is 5.80. The van der Waals surface area contributed by atoms with Gasteiger partial charge in [-0.1, -0.05) is 6.42 Å². The lowest BCUT2D eigenvalue weighted by Gasteiger charge is -2.45. The van der Waals surface area contributed by atoms with Gasteiger partial charge in [-0.05, 0) is 32.2 Å². The van der Waals surface area contributed by atoms with Crippen molar-refractivity contribution in [1.82, 2.24) is 19.8 Å². The highest BCUT2D eigenvalue weighted by Gasteiger charge is 2.35. The molecule has 4 rings (SSSR count). The van der Waals surface area contributed by atoms with E-state index in [0.29, 0.717) is 11.9 Å². The molecular formula is C18H27N5O. The lowest BCUT2D eigenvalue weighted by Crippen LogP contribution is -2.58. The number of nitrogens with zero attached hydrogens (tertiary/aromatic N) is 5. The lowest BCUT2D eigenvalue weighted by molar-refractivity contribution is -0.139. The standard InChI is InChI=1S/C18H27N5O/c24-18(23-11-10-21-8-2-1-5-16(21)14-23)15-4-3-9-22(13-15)17-12-19-6-7-20-17/h6-7,12,15-16H,1-5,8-11,13-14H2/t15-,16-/m1/s1. The van der Waals surface area contributed by atoms with E-state index in [1.807, 2.05) is 0 Å². The Morgan fingerprint density at radius 1 is 1.00 bits per heavy atom. The van der Waals surface area contributed by atoms with E-state index < -0.39 is 0 Å². The third-order valence-corrected chi connectivity index (χ3v) is 5.79. The third kappa shape index (κ3) is 3.24. The van der Waals surface area contributed by atoms with Crippen LogP contribution in [0.4, 0.5) is 5.82 Å². The van der Waals surface area contributed by atoms with Gasteiger partial charge in [-0.2, -0.15) is 0 Å². The van der Waals surface area contributed by atoms with Crippen LogP contribution in [0.15, 0.2) is 18.6 Å². The minimum Gasteiger partial charge on any atom is -0.355 e. The summed E-state index contributed by atoms with van der Waals surface area (Å²) >= 11 is 0. The summed E-state index contributed by atoms with van der Waals surface area (Å²) in [5, 5.41) is 0. The van der Waals surface area contributed by atoms with Crippen molar-refractivity contribution in [2.24, 2.45) is 5.92 Å². The van der Waals surface area contributed by atoms with Crippen molar-refractivity contribution in [2.75, 3.05) is 44.2 Å². The number of hydrogen-bond donors (Lipinski definition) is 0. The molecule has 0 spiro atoms. The molecule has 6 nitrogen and oxygen atoms in total. The molecule has 1 aromatic heterocycles. The first kappa shape index (κ1) is 15.8. The zero-order valence-electron chi connectivity index (χ0n) is 14.3. The molecule has 24 heavy (non-hydrogen) atoms. The van der Waals surface area contributed by atoms with Gasteiger partial charge in [-0.15, -0.1) is 0 Å². The van der Waals surface area contributed by atoms with E-state index in [4.69, 9.17) is 0 Å². The van der Waals surface area contributed by atoms with Gasteiger partial charge in [0.1, 0.15) is 5.82 Å². The number of piperazine rings is 1. The second kappa shape index (κ2) is 7.05. The van der Waals surface area contributed by atoms with Crippen LogP contribution in [0.5, 0.6) is 0 Å². The van der Waals surface area contributed by atoms with E-state index in [-0.39, 0.29) is 5.92 Å². The monoisotopic (exact) mass is 329 g/mol. The Morgan fingerprint density at radius 2 is 1.96 bits per heavy atom. The smallest absolute Gasteiger partial charge is 0.227 e. The maximum atomic E-state index is 13.0. The van der Waals surface area contributed by atoms with Crippen LogP contribution >= 0.6 is 0 Å². The fourth-order valence-corrected chi connectivity index (χ4v) is 4.46. The van der Waals surface area contributed by atoms with Gasteiger partial charge in [0.2, 0.25) is 5.91 Å². The summed E-state index contributed by atoms with van der Waals surface area (Å²) in [6.45, 7) is 5.85. The predicted octanol–water partition coefficient (Wildman–Crippen LogP) is 1.39. The predicted molar refractivity (Wildman–Crippen MR) is 92.8 cm³/mol. The van der Waals surface area contributed by atoms with Crippen LogP contribution in [0.2, 0.25) is 0 Å². The number of aromatic nitrogens is 2. The van der Waals surface area contributed by atoms with E-state index in [1.165, 1.54) is 25.8 Å². The Hall–Kier alpha value is -1.69. The Morgan fingerprint density at radius 3 is 2.83 bits per heavy atom.